The summed E-state index contributed by atoms with van der Waals surface area (Å²) in [6.07, 6.45) is 4.44. The summed E-state index contributed by atoms with van der Waals surface area (Å²) in [5.74, 6) is -0.462. The summed E-state index contributed by atoms with van der Waals surface area (Å²) in [7, 11) is -1.79. The van der Waals surface area contributed by atoms with E-state index in [1.165, 1.54) is 17.7 Å². The molecule has 0 saturated heterocycles. The molecule has 146 valence electrons. The molecule has 0 aliphatic rings. The molecule has 7 heteroatoms. The first-order chi connectivity index (χ1) is 13.3. The summed E-state index contributed by atoms with van der Waals surface area (Å²) in [6.45, 7) is 2.39. The molecule has 0 radical (unpaired) electrons. The Hall–Kier alpha value is -2.93. The van der Waals surface area contributed by atoms with Gasteiger partial charge in [-0.25, -0.2) is 12.8 Å². The van der Waals surface area contributed by atoms with Gasteiger partial charge in [0.25, 0.3) is 10.0 Å². The third kappa shape index (κ3) is 4.86. The molecule has 1 aromatic heterocycles. The van der Waals surface area contributed by atoms with Crippen LogP contribution in [0.4, 0.5) is 15.8 Å². The first kappa shape index (κ1) is 19.8. The molecule has 0 bridgehead atoms. The molecule has 0 aliphatic heterocycles. The van der Waals surface area contributed by atoms with Crippen LogP contribution in [-0.4, -0.2) is 27.0 Å². The van der Waals surface area contributed by atoms with Crippen molar-refractivity contribution in [3.8, 4) is 0 Å². The number of aryl methyl sites for hydroxylation is 1. The summed E-state index contributed by atoms with van der Waals surface area (Å²) in [6, 6.07) is 14.8. The number of rotatable bonds is 7. The van der Waals surface area contributed by atoms with Gasteiger partial charge in [-0.15, -0.1) is 0 Å². The van der Waals surface area contributed by atoms with Gasteiger partial charge in [0, 0.05) is 37.4 Å². The van der Waals surface area contributed by atoms with Crippen molar-refractivity contribution >= 4 is 21.4 Å². The van der Waals surface area contributed by atoms with Crippen molar-refractivity contribution in [1.82, 2.24) is 4.98 Å². The van der Waals surface area contributed by atoms with E-state index in [0.717, 1.165) is 24.7 Å². The van der Waals surface area contributed by atoms with Crippen molar-refractivity contribution in [2.75, 3.05) is 23.2 Å². The zero-order valence-electron chi connectivity index (χ0n) is 15.8. The van der Waals surface area contributed by atoms with Crippen LogP contribution in [-0.2, 0) is 16.4 Å². The van der Waals surface area contributed by atoms with Crippen molar-refractivity contribution in [3.63, 3.8) is 0 Å². The second-order valence-electron chi connectivity index (χ2n) is 6.59. The molecule has 5 nitrogen and oxygen atoms in total. The van der Waals surface area contributed by atoms with E-state index < -0.39 is 15.8 Å². The standard InChI is InChI=1S/C21H22FN3O2S/c1-16-15-18(22)3-8-21(16)28(26,27)24-19-4-6-20(7-5-19)25(2)14-11-17-9-12-23-13-10-17/h3-10,12-13,15,24H,11,14H2,1-2H3. The maximum Gasteiger partial charge on any atom is 0.262 e. The Morgan fingerprint density at radius 1 is 1.04 bits per heavy atom. The van der Waals surface area contributed by atoms with E-state index in [2.05, 4.69) is 14.6 Å². The van der Waals surface area contributed by atoms with Crippen LogP contribution in [0.25, 0.3) is 0 Å². The van der Waals surface area contributed by atoms with E-state index in [0.29, 0.717) is 11.3 Å². The van der Waals surface area contributed by atoms with Gasteiger partial charge in [-0.05, 0) is 79.1 Å². The monoisotopic (exact) mass is 399 g/mol. The Bertz CT molecular complexity index is 1040. The third-order valence-corrected chi connectivity index (χ3v) is 6.01. The largest absolute Gasteiger partial charge is 0.374 e. The molecule has 0 saturated carbocycles. The van der Waals surface area contributed by atoms with Gasteiger partial charge >= 0.3 is 0 Å². The zero-order valence-corrected chi connectivity index (χ0v) is 16.6. The highest BCUT2D eigenvalue weighted by Gasteiger charge is 2.17. The van der Waals surface area contributed by atoms with Gasteiger partial charge in [0.2, 0.25) is 0 Å². The Kier molecular flexibility index (Phi) is 5.94. The lowest BCUT2D eigenvalue weighted by Crippen LogP contribution is -2.20. The average molecular weight is 399 g/mol. The Morgan fingerprint density at radius 3 is 2.36 bits per heavy atom. The summed E-state index contributed by atoms with van der Waals surface area (Å²) in [5, 5.41) is 0. The van der Waals surface area contributed by atoms with Crippen LogP contribution in [0.2, 0.25) is 0 Å². The second-order valence-corrected chi connectivity index (χ2v) is 8.24. The van der Waals surface area contributed by atoms with Gasteiger partial charge in [-0.3, -0.25) is 9.71 Å². The Balaban J connectivity index is 1.66. The normalized spacial score (nSPS) is 11.2. The molecule has 1 N–H and O–H groups in total. The average Bonchev–Trinajstić information content (AvgIpc) is 2.67. The number of aromatic nitrogens is 1. The van der Waals surface area contributed by atoms with Crippen molar-refractivity contribution < 1.29 is 12.8 Å². The predicted molar refractivity (Wildman–Crippen MR) is 110 cm³/mol. The number of hydrogen-bond acceptors (Lipinski definition) is 4. The lowest BCUT2D eigenvalue weighted by atomic mass is 10.2. The molecule has 3 rings (SSSR count). The molecular formula is C21H22FN3O2S. The number of halogens is 1. The van der Waals surface area contributed by atoms with Crippen molar-refractivity contribution in [3.05, 3.63) is 83.9 Å². The molecule has 0 fully saturated rings. The minimum atomic E-state index is -3.78. The predicted octanol–water partition coefficient (Wildman–Crippen LogP) is 4.01. The van der Waals surface area contributed by atoms with Gasteiger partial charge in [0.15, 0.2) is 0 Å². The maximum absolute atomic E-state index is 13.2. The summed E-state index contributed by atoms with van der Waals surface area (Å²) >= 11 is 0. The van der Waals surface area contributed by atoms with E-state index >= 15 is 0 Å². The molecule has 1 heterocycles. The fraction of sp³-hybridized carbons (Fsp3) is 0.190. The molecule has 3 aromatic rings. The summed E-state index contributed by atoms with van der Waals surface area (Å²) in [4.78, 5) is 6.18. The van der Waals surface area contributed by atoms with Crippen LogP contribution in [0.1, 0.15) is 11.1 Å². The minimum Gasteiger partial charge on any atom is -0.374 e. The maximum atomic E-state index is 13.2. The van der Waals surface area contributed by atoms with Gasteiger partial charge in [-0.2, -0.15) is 0 Å². The summed E-state index contributed by atoms with van der Waals surface area (Å²) < 4.78 is 40.9. The first-order valence-electron chi connectivity index (χ1n) is 8.84. The van der Waals surface area contributed by atoms with E-state index in [1.807, 2.05) is 31.3 Å². The van der Waals surface area contributed by atoms with Gasteiger partial charge in [0.05, 0.1) is 4.90 Å². The van der Waals surface area contributed by atoms with Crippen LogP contribution in [0.15, 0.2) is 71.9 Å². The number of pyridine rings is 1. The number of sulfonamides is 1. The van der Waals surface area contributed by atoms with Crippen LogP contribution in [0.3, 0.4) is 0 Å². The third-order valence-electron chi connectivity index (χ3n) is 4.47. The fourth-order valence-corrected chi connectivity index (χ4v) is 4.17. The highest BCUT2D eigenvalue weighted by molar-refractivity contribution is 7.92. The van der Waals surface area contributed by atoms with Crippen LogP contribution < -0.4 is 9.62 Å². The topological polar surface area (TPSA) is 62.3 Å². The van der Waals surface area contributed by atoms with Crippen molar-refractivity contribution in [1.29, 1.82) is 0 Å². The molecule has 28 heavy (non-hydrogen) atoms. The van der Waals surface area contributed by atoms with Gasteiger partial charge in [0.1, 0.15) is 5.82 Å². The molecule has 2 aromatic carbocycles. The molecule has 0 atom stereocenters. The lowest BCUT2D eigenvalue weighted by molar-refractivity contribution is 0.598. The molecule has 0 aliphatic carbocycles. The Labute approximate surface area is 164 Å². The van der Waals surface area contributed by atoms with Gasteiger partial charge < -0.3 is 4.90 Å². The van der Waals surface area contributed by atoms with E-state index in [-0.39, 0.29) is 4.90 Å². The number of benzene rings is 2. The highest BCUT2D eigenvalue weighted by Crippen LogP contribution is 2.22. The first-order valence-corrected chi connectivity index (χ1v) is 10.3. The number of anilines is 2. The van der Waals surface area contributed by atoms with E-state index in [4.69, 9.17) is 0 Å². The summed E-state index contributed by atoms with van der Waals surface area (Å²) in [5.41, 5.74) is 3.01. The van der Waals surface area contributed by atoms with Crippen molar-refractivity contribution in [2.24, 2.45) is 0 Å². The molecule has 0 amide bonds. The van der Waals surface area contributed by atoms with E-state index in [9.17, 15) is 12.8 Å². The second kappa shape index (κ2) is 8.39. The number of likely N-dealkylation sites (N-methyl/N-ethyl adjacent to an activating group) is 1. The minimum absolute atomic E-state index is 0.0624. The smallest absolute Gasteiger partial charge is 0.262 e. The van der Waals surface area contributed by atoms with Gasteiger partial charge in [-0.1, -0.05) is 0 Å². The lowest BCUT2D eigenvalue weighted by Gasteiger charge is -2.20. The molecule has 0 spiro atoms. The number of nitrogens with zero attached hydrogens (tertiary/aromatic N) is 2. The Morgan fingerprint density at radius 2 is 1.71 bits per heavy atom. The van der Waals surface area contributed by atoms with Crippen LogP contribution >= 0.6 is 0 Å². The van der Waals surface area contributed by atoms with E-state index in [1.54, 1.807) is 31.5 Å². The van der Waals surface area contributed by atoms with Crippen LogP contribution in [0.5, 0.6) is 0 Å². The quantitative estimate of drug-likeness (QED) is 0.652. The highest BCUT2D eigenvalue weighted by atomic mass is 32.2. The SMILES string of the molecule is Cc1cc(F)ccc1S(=O)(=O)Nc1ccc(N(C)CCc2ccncc2)cc1. The number of nitrogens with one attached hydrogen (secondary N) is 1. The fourth-order valence-electron chi connectivity index (χ4n) is 2.88. The molecular weight excluding hydrogens is 377 g/mol. The van der Waals surface area contributed by atoms with Crippen LogP contribution in [0, 0.1) is 12.7 Å². The van der Waals surface area contributed by atoms with Crippen molar-refractivity contribution in [2.45, 2.75) is 18.2 Å². The molecule has 0 unspecified atom stereocenters. The zero-order chi connectivity index (χ0) is 20.1. The number of hydrogen-bond donors (Lipinski definition) is 1.